The molecule has 0 unspecified atom stereocenters. The van der Waals surface area contributed by atoms with Crippen molar-refractivity contribution < 1.29 is 9.18 Å². The molecule has 2 aliphatic heterocycles. The molecule has 1 N–H and O–H groups in total. The smallest absolute Gasteiger partial charge is 0.227 e. The van der Waals surface area contributed by atoms with Gasteiger partial charge in [0.15, 0.2) is 0 Å². The molecule has 0 saturated carbocycles. The van der Waals surface area contributed by atoms with E-state index >= 15 is 0 Å². The van der Waals surface area contributed by atoms with Gasteiger partial charge in [-0.15, -0.1) is 11.3 Å². The molecule has 0 radical (unpaired) electrons. The van der Waals surface area contributed by atoms with E-state index < -0.39 is 0 Å². The number of halogens is 1. The lowest BCUT2D eigenvalue weighted by atomic mass is 9.95. The second-order valence-corrected chi connectivity index (χ2v) is 9.94. The number of thiophene rings is 1. The molecule has 6 nitrogen and oxygen atoms in total. The maximum atomic E-state index is 14.6. The van der Waals surface area contributed by atoms with Gasteiger partial charge in [0.05, 0.1) is 11.1 Å². The van der Waals surface area contributed by atoms with Crippen LogP contribution in [0.5, 0.6) is 0 Å². The summed E-state index contributed by atoms with van der Waals surface area (Å²) < 4.78 is 14.6. The number of hydrogen-bond donors (Lipinski definition) is 1. The topological polar surface area (TPSA) is 61.4 Å². The van der Waals surface area contributed by atoms with Crippen molar-refractivity contribution in [3.8, 4) is 0 Å². The van der Waals surface area contributed by atoms with Crippen LogP contribution in [0.2, 0.25) is 0 Å². The molecular weight excluding hydrogens is 425 g/mol. The molecule has 0 aliphatic carbocycles. The number of aromatic nitrogens is 2. The highest BCUT2D eigenvalue weighted by Gasteiger charge is 2.29. The van der Waals surface area contributed by atoms with E-state index in [2.05, 4.69) is 38.9 Å². The summed E-state index contributed by atoms with van der Waals surface area (Å²) >= 11 is 1.70. The van der Waals surface area contributed by atoms with Crippen molar-refractivity contribution in [3.05, 3.63) is 40.8 Å². The fourth-order valence-electron chi connectivity index (χ4n) is 4.84. The fourth-order valence-corrected chi connectivity index (χ4v) is 5.83. The van der Waals surface area contributed by atoms with Crippen LogP contribution in [0.1, 0.15) is 36.1 Å². The highest BCUT2D eigenvalue weighted by molar-refractivity contribution is 7.18. The van der Waals surface area contributed by atoms with Crippen LogP contribution in [-0.4, -0.2) is 42.1 Å². The molecule has 4 heterocycles. The summed E-state index contributed by atoms with van der Waals surface area (Å²) in [6.07, 6.45) is 5.26. The number of benzene rings is 1. The molecule has 3 aromatic rings. The van der Waals surface area contributed by atoms with Crippen LogP contribution in [0, 0.1) is 25.6 Å². The van der Waals surface area contributed by atoms with E-state index in [1.54, 1.807) is 23.7 Å². The highest BCUT2D eigenvalue weighted by Crippen LogP contribution is 2.36. The number of para-hydroxylation sites is 1. The zero-order valence-electron chi connectivity index (χ0n) is 18.5. The van der Waals surface area contributed by atoms with Gasteiger partial charge in [0.25, 0.3) is 0 Å². The van der Waals surface area contributed by atoms with Crippen LogP contribution >= 0.6 is 11.3 Å². The van der Waals surface area contributed by atoms with E-state index in [1.807, 2.05) is 6.07 Å². The summed E-state index contributed by atoms with van der Waals surface area (Å²) in [7, 11) is 0. The first-order chi connectivity index (χ1) is 15.5. The molecule has 168 valence electrons. The largest absolute Gasteiger partial charge is 0.370 e. The van der Waals surface area contributed by atoms with E-state index in [4.69, 9.17) is 0 Å². The average Bonchev–Trinajstić information content (AvgIpc) is 3.44. The minimum absolute atomic E-state index is 0.0920. The fraction of sp³-hybridized carbons (Fsp3) is 0.458. The van der Waals surface area contributed by atoms with Gasteiger partial charge in [0, 0.05) is 37.0 Å². The second kappa shape index (κ2) is 8.65. The zero-order valence-corrected chi connectivity index (χ0v) is 19.3. The number of aryl methyl sites for hydroxylation is 2. The molecule has 0 spiro atoms. The van der Waals surface area contributed by atoms with E-state index in [1.165, 1.54) is 16.5 Å². The van der Waals surface area contributed by atoms with Crippen LogP contribution in [0.4, 0.5) is 21.6 Å². The summed E-state index contributed by atoms with van der Waals surface area (Å²) in [5.74, 6) is 0.360. The molecule has 32 heavy (non-hydrogen) atoms. The number of nitrogens with one attached hydrogen (secondary N) is 1. The van der Waals surface area contributed by atoms with Gasteiger partial charge in [-0.05, 0) is 57.2 Å². The van der Waals surface area contributed by atoms with Crippen LogP contribution < -0.4 is 15.1 Å². The Balaban J connectivity index is 1.29. The van der Waals surface area contributed by atoms with E-state index in [9.17, 15) is 9.18 Å². The molecule has 0 atom stereocenters. The number of carbonyl (C=O) groups excluding carboxylic acids is 1. The van der Waals surface area contributed by atoms with Gasteiger partial charge in [-0.3, -0.25) is 4.79 Å². The summed E-state index contributed by atoms with van der Waals surface area (Å²) in [5, 5.41) is 4.05. The predicted molar refractivity (Wildman–Crippen MR) is 128 cm³/mol. The lowest BCUT2D eigenvalue weighted by Crippen LogP contribution is -2.39. The number of anilines is 3. The Hall–Kier alpha value is -2.74. The normalized spacial score (nSPS) is 17.3. The third-order valence-electron chi connectivity index (χ3n) is 6.80. The second-order valence-electron chi connectivity index (χ2n) is 8.74. The minimum Gasteiger partial charge on any atom is -0.370 e. The van der Waals surface area contributed by atoms with Crippen molar-refractivity contribution in [2.75, 3.05) is 41.3 Å². The Morgan fingerprint density at radius 1 is 1.09 bits per heavy atom. The molecule has 5 rings (SSSR count). The van der Waals surface area contributed by atoms with E-state index in [-0.39, 0.29) is 17.6 Å². The monoisotopic (exact) mass is 453 g/mol. The maximum Gasteiger partial charge on any atom is 0.227 e. The van der Waals surface area contributed by atoms with Gasteiger partial charge in [0.1, 0.15) is 28.5 Å². The minimum atomic E-state index is -0.369. The Morgan fingerprint density at radius 3 is 2.59 bits per heavy atom. The maximum absolute atomic E-state index is 14.6. The van der Waals surface area contributed by atoms with Crippen LogP contribution in [0.25, 0.3) is 10.2 Å². The van der Waals surface area contributed by atoms with Crippen LogP contribution in [0.15, 0.2) is 24.5 Å². The van der Waals surface area contributed by atoms with Gasteiger partial charge in [0.2, 0.25) is 5.91 Å². The van der Waals surface area contributed by atoms with Gasteiger partial charge >= 0.3 is 0 Å². The highest BCUT2D eigenvalue weighted by atomic mass is 32.1. The Labute approximate surface area is 191 Å². The van der Waals surface area contributed by atoms with E-state index in [0.29, 0.717) is 18.5 Å². The number of carbonyl (C=O) groups is 1. The Morgan fingerprint density at radius 2 is 1.84 bits per heavy atom. The molecule has 1 amide bonds. The van der Waals surface area contributed by atoms with Gasteiger partial charge in [-0.1, -0.05) is 6.07 Å². The molecular formula is C24H28FN5OS. The zero-order chi connectivity index (χ0) is 22.2. The van der Waals surface area contributed by atoms with Crippen molar-refractivity contribution in [1.29, 1.82) is 0 Å². The van der Waals surface area contributed by atoms with Crippen molar-refractivity contribution in [2.45, 2.75) is 39.5 Å². The average molecular weight is 454 g/mol. The van der Waals surface area contributed by atoms with Gasteiger partial charge in [-0.25, -0.2) is 14.4 Å². The van der Waals surface area contributed by atoms with Gasteiger partial charge in [-0.2, -0.15) is 0 Å². The number of piperidine rings is 1. The summed E-state index contributed by atoms with van der Waals surface area (Å²) in [6.45, 7) is 7.53. The van der Waals surface area contributed by atoms with Crippen molar-refractivity contribution in [3.63, 3.8) is 0 Å². The standard InChI is InChI=1S/C24H28FN5OS/c1-15-16(2)32-24-20(15)22(26-14-27-24)30-12-8-17(9-13-30)23(31)28-21-18(25)6-5-7-19(21)29-10-3-4-11-29/h5-7,14,17H,3-4,8-13H2,1-2H3,(H,28,31). The van der Waals surface area contributed by atoms with E-state index in [0.717, 1.165) is 60.7 Å². The number of rotatable bonds is 4. The Bertz CT molecular complexity index is 1150. The molecule has 2 saturated heterocycles. The van der Waals surface area contributed by atoms with Crippen LogP contribution in [0.3, 0.4) is 0 Å². The molecule has 2 fully saturated rings. The van der Waals surface area contributed by atoms with Crippen molar-refractivity contribution >= 4 is 44.7 Å². The molecule has 2 aliphatic rings. The number of nitrogens with zero attached hydrogens (tertiary/aromatic N) is 4. The number of hydrogen-bond acceptors (Lipinski definition) is 6. The first-order valence-electron chi connectivity index (χ1n) is 11.3. The van der Waals surface area contributed by atoms with Crippen molar-refractivity contribution in [2.24, 2.45) is 5.92 Å². The number of amides is 1. The Kier molecular flexibility index (Phi) is 5.71. The number of fused-ring (bicyclic) bond motifs is 1. The summed E-state index contributed by atoms with van der Waals surface area (Å²) in [5.41, 5.74) is 2.35. The molecule has 1 aromatic carbocycles. The molecule has 0 bridgehead atoms. The van der Waals surface area contributed by atoms with Crippen molar-refractivity contribution in [1.82, 2.24) is 9.97 Å². The third-order valence-corrected chi connectivity index (χ3v) is 7.91. The lowest BCUT2D eigenvalue weighted by molar-refractivity contribution is -0.120. The van der Waals surface area contributed by atoms with Gasteiger partial charge < -0.3 is 15.1 Å². The first kappa shape index (κ1) is 21.1. The quantitative estimate of drug-likeness (QED) is 0.609. The third kappa shape index (κ3) is 3.81. The predicted octanol–water partition coefficient (Wildman–Crippen LogP) is 4.90. The molecule has 8 heteroatoms. The lowest BCUT2D eigenvalue weighted by Gasteiger charge is -2.33. The van der Waals surface area contributed by atoms with Crippen LogP contribution in [-0.2, 0) is 4.79 Å². The SMILES string of the molecule is Cc1sc2ncnc(N3CCC(C(=O)Nc4c(F)cccc4N4CCCC4)CC3)c2c1C. The summed E-state index contributed by atoms with van der Waals surface area (Å²) in [4.78, 5) is 28.8. The summed E-state index contributed by atoms with van der Waals surface area (Å²) in [6, 6.07) is 5.04. The first-order valence-corrected chi connectivity index (χ1v) is 12.1. The molecule has 2 aromatic heterocycles.